The van der Waals surface area contributed by atoms with Crippen molar-refractivity contribution in [3.63, 3.8) is 0 Å². The number of hydrogen-bond acceptors (Lipinski definition) is 10. The lowest BCUT2D eigenvalue weighted by Gasteiger charge is -2.47. The van der Waals surface area contributed by atoms with E-state index in [-0.39, 0.29) is 24.9 Å². The van der Waals surface area contributed by atoms with Crippen LogP contribution in [0.15, 0.2) is 109 Å². The second kappa shape index (κ2) is 14.6. The predicted molar refractivity (Wildman–Crippen MR) is 236 cm³/mol. The monoisotopic (exact) mass is 834 g/mol. The zero-order chi connectivity index (χ0) is 43.6. The van der Waals surface area contributed by atoms with E-state index in [4.69, 9.17) is 18.9 Å². The minimum Gasteiger partial charge on any atom is -0.493 e. The van der Waals surface area contributed by atoms with Gasteiger partial charge in [-0.3, -0.25) is 9.59 Å². The Morgan fingerprint density at radius 1 is 0.597 bits per heavy atom. The highest BCUT2D eigenvalue weighted by atomic mass is 16.6. The number of methoxy groups -OCH3 is 2. The molecule has 2 amide bonds. The summed E-state index contributed by atoms with van der Waals surface area (Å²) >= 11 is 0. The molecule has 2 unspecified atom stereocenters. The minimum absolute atomic E-state index is 0.0555. The standard InChI is InChI=1S/C48H44N6O8/c1-45(2)35-11-7-9-13-37(35)53(47(45)21-19-29-23-33(51-57)25-39(59-5)43(29)61-47)27-41(55)49-31-15-17-32(18-16-31)50-42(56)28-54-38-14-10-8-12-36(38)46(3,4)48(54)22-20-30-24-34(52-58)26-40(60-6)44(30)62-48/h7-26H,27-28H2,1-6H3,(H,49,55)(H,50,56)/p+2. The van der Waals surface area contributed by atoms with E-state index in [1.165, 1.54) is 14.2 Å². The van der Waals surface area contributed by atoms with Crippen LogP contribution in [0.4, 0.5) is 34.1 Å². The van der Waals surface area contributed by atoms with E-state index in [1.807, 2.05) is 93.0 Å². The quantitative estimate of drug-likeness (QED) is 0.137. The number of nitrogens with zero attached hydrogens (tertiary/aromatic N) is 2. The number of nitrogens with one attached hydrogen (secondary N) is 4. The second-order valence-electron chi connectivity index (χ2n) is 16.8. The van der Waals surface area contributed by atoms with Gasteiger partial charge < -0.3 is 39.4 Å². The Labute approximate surface area is 358 Å². The van der Waals surface area contributed by atoms with Crippen molar-refractivity contribution in [2.24, 2.45) is 0 Å². The van der Waals surface area contributed by atoms with Gasteiger partial charge in [-0.2, -0.15) is 0 Å². The van der Waals surface area contributed by atoms with Gasteiger partial charge >= 0.3 is 0 Å². The highest BCUT2D eigenvalue weighted by molar-refractivity contribution is 5.97. The maximum atomic E-state index is 14.0. The molecule has 2 atom stereocenters. The fourth-order valence-electron chi connectivity index (χ4n) is 9.51. The molecule has 4 aliphatic rings. The van der Waals surface area contributed by atoms with Crippen LogP contribution in [0.1, 0.15) is 49.9 Å². The molecule has 0 aromatic heterocycles. The Kier molecular flexibility index (Phi) is 9.41. The second-order valence-corrected chi connectivity index (χ2v) is 16.8. The van der Waals surface area contributed by atoms with Crippen molar-refractivity contribution in [1.29, 1.82) is 0 Å². The van der Waals surface area contributed by atoms with Gasteiger partial charge in [-0.25, -0.2) is 0 Å². The lowest BCUT2D eigenvalue weighted by molar-refractivity contribution is -0.379. The van der Waals surface area contributed by atoms with Gasteiger partial charge in [0.25, 0.3) is 11.4 Å². The topological polar surface area (TPSA) is 164 Å². The van der Waals surface area contributed by atoms with Gasteiger partial charge in [0.2, 0.25) is 23.3 Å². The normalized spacial score (nSPS) is 20.3. The fourth-order valence-corrected chi connectivity index (χ4v) is 9.51. The maximum absolute atomic E-state index is 14.0. The molecule has 5 aromatic rings. The lowest BCUT2D eigenvalue weighted by Crippen LogP contribution is -2.61. The number of rotatable bonds is 10. The summed E-state index contributed by atoms with van der Waals surface area (Å²) in [5.41, 5.74) is 3.33. The largest absolute Gasteiger partial charge is 0.493 e. The molecular formula is C48H46N6O8+2. The molecule has 0 saturated heterocycles. The molecule has 62 heavy (non-hydrogen) atoms. The summed E-state index contributed by atoms with van der Waals surface area (Å²) < 4.78 is 25.1. The third-order valence-electron chi connectivity index (χ3n) is 12.7. The molecule has 314 valence electrons. The van der Waals surface area contributed by atoms with Gasteiger partial charge in [0.1, 0.15) is 13.1 Å². The van der Waals surface area contributed by atoms with Crippen LogP contribution in [0, 0.1) is 9.81 Å². The number of para-hydroxylation sites is 2. The fraction of sp³-hybridized carbons (Fsp3) is 0.250. The molecule has 0 saturated carbocycles. The summed E-state index contributed by atoms with van der Waals surface area (Å²) in [6, 6.07) is 29.4. The van der Waals surface area contributed by atoms with Crippen LogP contribution in [0.3, 0.4) is 0 Å². The van der Waals surface area contributed by atoms with E-state index < -0.39 is 22.3 Å². The summed E-state index contributed by atoms with van der Waals surface area (Å²) in [5.74, 6) is 1.14. The van der Waals surface area contributed by atoms with Crippen LogP contribution in [0.2, 0.25) is 0 Å². The van der Waals surface area contributed by atoms with E-state index in [0.29, 0.717) is 56.9 Å². The number of ether oxygens (including phenoxy) is 4. The first kappa shape index (κ1) is 40.0. The third-order valence-corrected chi connectivity index (χ3v) is 12.7. The third kappa shape index (κ3) is 5.99. The zero-order valence-electron chi connectivity index (χ0n) is 35.1. The summed E-state index contributed by atoms with van der Waals surface area (Å²) in [6.45, 7) is 8.20. The van der Waals surface area contributed by atoms with Crippen LogP contribution in [-0.2, 0) is 20.4 Å². The first-order chi connectivity index (χ1) is 29.8. The number of nitroso groups, excluding NO2 is 2. The summed E-state index contributed by atoms with van der Waals surface area (Å²) in [5, 5.41) is 9.91. The van der Waals surface area contributed by atoms with Crippen molar-refractivity contribution in [3.8, 4) is 23.0 Å². The van der Waals surface area contributed by atoms with Gasteiger partial charge in [-0.05, 0) is 99.5 Å². The van der Waals surface area contributed by atoms with E-state index in [9.17, 15) is 19.4 Å². The molecular weight excluding hydrogens is 789 g/mol. The first-order valence-electron chi connectivity index (χ1n) is 20.2. The number of anilines is 4. The average molecular weight is 835 g/mol. The predicted octanol–water partition coefficient (Wildman–Crippen LogP) is 5.74. The number of carbonyl (C=O) groups is 2. The first-order valence-corrected chi connectivity index (χ1v) is 20.2. The molecule has 2 spiro atoms. The molecule has 0 bridgehead atoms. The number of hydrogen-bond donors (Lipinski definition) is 4. The van der Waals surface area contributed by atoms with Crippen molar-refractivity contribution in [3.05, 3.63) is 141 Å². The van der Waals surface area contributed by atoms with Crippen molar-refractivity contribution in [2.75, 3.05) is 47.7 Å². The van der Waals surface area contributed by atoms with Gasteiger partial charge in [-0.1, -0.05) is 36.4 Å². The number of fused-ring (bicyclic) bond motifs is 4. The number of benzene rings is 5. The SMILES string of the molecule is COc1cc([NH+]=O)cc2c1OC1(C=C2)N(CC(=O)Nc2ccc(NC(=O)CN3c4ccccc4C(C)(C)C34C=Cc3cc([NH+]=O)cc(OC)c3O4)cc2)c2ccccc2C1(C)C. The van der Waals surface area contributed by atoms with Crippen LogP contribution in [0.25, 0.3) is 12.2 Å². The molecule has 4 heterocycles. The Morgan fingerprint density at radius 2 is 0.984 bits per heavy atom. The van der Waals surface area contributed by atoms with Gasteiger partial charge in [0, 0.05) is 66.2 Å². The van der Waals surface area contributed by atoms with E-state index in [0.717, 1.165) is 22.5 Å². The van der Waals surface area contributed by atoms with Crippen LogP contribution < -0.4 is 49.7 Å². The molecule has 0 aliphatic carbocycles. The van der Waals surface area contributed by atoms with Crippen LogP contribution in [-0.4, -0.2) is 50.6 Å². The highest BCUT2D eigenvalue weighted by Gasteiger charge is 2.61. The summed E-state index contributed by atoms with van der Waals surface area (Å²) in [4.78, 5) is 54.9. The van der Waals surface area contributed by atoms with E-state index >= 15 is 0 Å². The Balaban J connectivity index is 0.929. The zero-order valence-corrected chi connectivity index (χ0v) is 35.1. The van der Waals surface area contributed by atoms with Crippen LogP contribution in [0.5, 0.6) is 23.0 Å². The Morgan fingerprint density at radius 3 is 1.35 bits per heavy atom. The summed E-state index contributed by atoms with van der Waals surface area (Å²) in [7, 11) is 3.04. The van der Waals surface area contributed by atoms with Crippen molar-refractivity contribution >= 4 is 58.1 Å². The van der Waals surface area contributed by atoms with E-state index in [1.54, 1.807) is 48.5 Å². The summed E-state index contributed by atoms with van der Waals surface area (Å²) in [6.07, 6.45) is 7.67. The molecule has 4 aliphatic heterocycles. The maximum Gasteiger partial charge on any atom is 0.257 e. The Bertz CT molecular complexity index is 2560. The highest BCUT2D eigenvalue weighted by Crippen LogP contribution is 2.58. The number of carbonyl (C=O) groups excluding carboxylic acids is 2. The number of amides is 2. The van der Waals surface area contributed by atoms with Gasteiger partial charge in [-0.15, -0.1) is 0 Å². The molecule has 14 nitrogen and oxygen atoms in total. The van der Waals surface area contributed by atoms with Crippen molar-refractivity contribution in [1.82, 2.24) is 0 Å². The van der Waals surface area contributed by atoms with Gasteiger partial charge in [0.05, 0.1) is 37.2 Å². The molecule has 4 N–H and O–H groups in total. The molecule has 5 aromatic carbocycles. The molecule has 0 fully saturated rings. The van der Waals surface area contributed by atoms with E-state index in [2.05, 4.69) is 38.3 Å². The average Bonchev–Trinajstić information content (AvgIpc) is 3.56. The van der Waals surface area contributed by atoms with Crippen molar-refractivity contribution in [2.45, 2.75) is 50.0 Å². The van der Waals surface area contributed by atoms with Gasteiger partial charge in [0.15, 0.2) is 23.0 Å². The molecule has 0 radical (unpaired) electrons. The Hall–Kier alpha value is -7.48. The van der Waals surface area contributed by atoms with Crippen LogP contribution >= 0.6 is 0 Å². The smallest absolute Gasteiger partial charge is 0.257 e. The minimum atomic E-state index is -1.12. The van der Waals surface area contributed by atoms with Crippen molar-refractivity contribution < 1.29 is 38.9 Å². The molecule has 9 rings (SSSR count). The molecule has 14 heteroatoms. The lowest BCUT2D eigenvalue weighted by atomic mass is 9.76.